The Morgan fingerprint density at radius 2 is 2.21 bits per heavy atom. The highest BCUT2D eigenvalue weighted by atomic mass is 79.9. The summed E-state index contributed by atoms with van der Waals surface area (Å²) in [6, 6.07) is 4.58. The van der Waals surface area contributed by atoms with E-state index in [9.17, 15) is 8.42 Å². The number of hydrogen-bond acceptors (Lipinski definition) is 4. The van der Waals surface area contributed by atoms with E-state index in [2.05, 4.69) is 30.6 Å². The van der Waals surface area contributed by atoms with Gasteiger partial charge in [0.25, 0.3) is 0 Å². The third kappa shape index (κ3) is 3.41. The van der Waals surface area contributed by atoms with Gasteiger partial charge < -0.3 is 10.1 Å². The SMILES string of the molecule is O=S(=O)(NCc1ncc[nH]1)c1ccc(CO)cc1Br. The summed E-state index contributed by atoms with van der Waals surface area (Å²) in [7, 11) is -3.63. The summed E-state index contributed by atoms with van der Waals surface area (Å²) < 4.78 is 27.1. The first-order valence-electron chi connectivity index (χ1n) is 5.40. The van der Waals surface area contributed by atoms with E-state index in [4.69, 9.17) is 5.11 Å². The maximum atomic E-state index is 12.1. The number of hydrogen-bond donors (Lipinski definition) is 3. The summed E-state index contributed by atoms with van der Waals surface area (Å²) in [4.78, 5) is 6.87. The quantitative estimate of drug-likeness (QED) is 0.757. The maximum absolute atomic E-state index is 12.1. The van der Waals surface area contributed by atoms with Crippen molar-refractivity contribution in [1.29, 1.82) is 0 Å². The van der Waals surface area contributed by atoms with E-state index in [1.807, 2.05) is 0 Å². The predicted molar refractivity (Wildman–Crippen MR) is 72.7 cm³/mol. The molecule has 102 valence electrons. The molecule has 0 radical (unpaired) electrons. The van der Waals surface area contributed by atoms with E-state index in [0.717, 1.165) is 0 Å². The third-order valence-corrected chi connectivity index (χ3v) is 4.83. The third-order valence-electron chi connectivity index (χ3n) is 2.45. The van der Waals surface area contributed by atoms with Crippen LogP contribution in [0.4, 0.5) is 0 Å². The molecule has 0 aliphatic rings. The minimum Gasteiger partial charge on any atom is -0.392 e. The van der Waals surface area contributed by atoms with Crippen LogP contribution in [0.5, 0.6) is 0 Å². The van der Waals surface area contributed by atoms with Gasteiger partial charge in [-0.05, 0) is 33.6 Å². The molecule has 1 aromatic heterocycles. The van der Waals surface area contributed by atoms with Gasteiger partial charge >= 0.3 is 0 Å². The Morgan fingerprint density at radius 1 is 1.42 bits per heavy atom. The number of benzene rings is 1. The molecule has 8 heteroatoms. The summed E-state index contributed by atoms with van der Waals surface area (Å²) in [6.45, 7) is -0.0533. The molecule has 19 heavy (non-hydrogen) atoms. The first-order chi connectivity index (χ1) is 9.03. The molecule has 6 nitrogen and oxygen atoms in total. The lowest BCUT2D eigenvalue weighted by Crippen LogP contribution is -2.24. The number of halogens is 1. The number of nitrogens with one attached hydrogen (secondary N) is 2. The van der Waals surface area contributed by atoms with Crippen molar-refractivity contribution in [3.8, 4) is 0 Å². The van der Waals surface area contributed by atoms with E-state index < -0.39 is 10.0 Å². The number of sulfonamides is 1. The van der Waals surface area contributed by atoms with Crippen LogP contribution in [0.25, 0.3) is 0 Å². The molecule has 2 aromatic rings. The normalized spacial score (nSPS) is 11.7. The highest BCUT2D eigenvalue weighted by Gasteiger charge is 2.17. The Bertz CT molecular complexity index is 656. The molecule has 3 N–H and O–H groups in total. The van der Waals surface area contributed by atoms with Crippen molar-refractivity contribution < 1.29 is 13.5 Å². The summed E-state index contributed by atoms with van der Waals surface area (Å²) in [5.74, 6) is 0.534. The molecule has 0 unspecified atom stereocenters. The number of rotatable bonds is 5. The van der Waals surface area contributed by atoms with E-state index in [1.165, 1.54) is 6.07 Å². The highest BCUT2D eigenvalue weighted by molar-refractivity contribution is 9.10. The fourth-order valence-corrected chi connectivity index (χ4v) is 3.61. The number of aromatic amines is 1. The number of aliphatic hydroxyl groups is 1. The Labute approximate surface area is 119 Å². The monoisotopic (exact) mass is 345 g/mol. The van der Waals surface area contributed by atoms with Gasteiger partial charge in [0.1, 0.15) is 5.82 Å². The average Bonchev–Trinajstić information content (AvgIpc) is 2.89. The Hall–Kier alpha value is -1.22. The van der Waals surface area contributed by atoms with Gasteiger partial charge in [0, 0.05) is 16.9 Å². The molecular weight excluding hydrogens is 334 g/mol. The number of imidazole rings is 1. The molecule has 0 saturated carbocycles. The highest BCUT2D eigenvalue weighted by Crippen LogP contribution is 2.23. The fraction of sp³-hybridized carbons (Fsp3) is 0.182. The Balaban J connectivity index is 2.19. The van der Waals surface area contributed by atoms with Gasteiger partial charge in [0.2, 0.25) is 10.0 Å². The van der Waals surface area contributed by atoms with Crippen LogP contribution in [0.15, 0.2) is 40.0 Å². The lowest BCUT2D eigenvalue weighted by Gasteiger charge is -2.08. The van der Waals surface area contributed by atoms with Crippen molar-refractivity contribution in [2.24, 2.45) is 0 Å². The molecule has 0 saturated heterocycles. The van der Waals surface area contributed by atoms with Gasteiger partial charge in [0.15, 0.2) is 0 Å². The van der Waals surface area contributed by atoms with Crippen molar-refractivity contribution in [3.05, 3.63) is 46.5 Å². The second kappa shape index (κ2) is 5.83. The second-order valence-corrected chi connectivity index (χ2v) is 6.37. The molecule has 1 heterocycles. The summed E-state index contributed by atoms with van der Waals surface area (Å²) >= 11 is 3.19. The van der Waals surface area contributed by atoms with E-state index in [0.29, 0.717) is 15.9 Å². The van der Waals surface area contributed by atoms with Gasteiger partial charge in [-0.3, -0.25) is 0 Å². The van der Waals surface area contributed by atoms with Gasteiger partial charge in [-0.15, -0.1) is 0 Å². The number of nitrogens with zero attached hydrogens (tertiary/aromatic N) is 1. The predicted octanol–water partition coefficient (Wildman–Crippen LogP) is 1.14. The van der Waals surface area contributed by atoms with Gasteiger partial charge in [-0.2, -0.15) is 0 Å². The molecule has 0 aliphatic heterocycles. The summed E-state index contributed by atoms with van der Waals surface area (Å²) in [6.07, 6.45) is 3.17. The molecule has 0 amide bonds. The van der Waals surface area contributed by atoms with Gasteiger partial charge in [0.05, 0.1) is 18.0 Å². The number of H-pyrrole nitrogens is 1. The first-order valence-corrected chi connectivity index (χ1v) is 7.68. The Morgan fingerprint density at radius 3 is 2.79 bits per heavy atom. The lowest BCUT2D eigenvalue weighted by molar-refractivity contribution is 0.281. The van der Waals surface area contributed by atoms with Crippen molar-refractivity contribution in [2.75, 3.05) is 0 Å². The van der Waals surface area contributed by atoms with E-state index in [1.54, 1.807) is 24.5 Å². The van der Waals surface area contributed by atoms with Crippen LogP contribution in [0.3, 0.4) is 0 Å². The van der Waals surface area contributed by atoms with Crippen molar-refractivity contribution in [3.63, 3.8) is 0 Å². The van der Waals surface area contributed by atoms with Crippen LogP contribution in [-0.4, -0.2) is 23.5 Å². The van der Waals surface area contributed by atoms with Crippen LogP contribution < -0.4 is 4.72 Å². The average molecular weight is 346 g/mol. The standard InChI is InChI=1S/C11H12BrN3O3S/c12-9-5-8(7-16)1-2-10(9)19(17,18)15-6-11-13-3-4-14-11/h1-5,15-16H,6-7H2,(H,13,14). The van der Waals surface area contributed by atoms with Crippen molar-refractivity contribution in [2.45, 2.75) is 18.0 Å². The zero-order chi connectivity index (χ0) is 13.9. The van der Waals surface area contributed by atoms with Crippen LogP contribution in [-0.2, 0) is 23.2 Å². The minimum absolute atomic E-state index is 0.0868. The molecule has 0 aliphatic carbocycles. The molecule has 0 bridgehead atoms. The fourth-order valence-electron chi connectivity index (χ4n) is 1.50. The van der Waals surface area contributed by atoms with Crippen LogP contribution in [0.1, 0.15) is 11.4 Å². The smallest absolute Gasteiger partial charge is 0.242 e. The summed E-state index contributed by atoms with van der Waals surface area (Å²) in [5.41, 5.74) is 0.636. The van der Waals surface area contributed by atoms with Gasteiger partial charge in [-0.25, -0.2) is 18.1 Å². The Kier molecular flexibility index (Phi) is 4.35. The molecule has 1 aromatic carbocycles. The topological polar surface area (TPSA) is 95.1 Å². The lowest BCUT2D eigenvalue weighted by atomic mass is 10.2. The molecule has 0 fully saturated rings. The molecule has 0 atom stereocenters. The van der Waals surface area contributed by atoms with Crippen LogP contribution in [0.2, 0.25) is 0 Å². The second-order valence-electron chi connectivity index (χ2n) is 3.78. The minimum atomic E-state index is -3.63. The van der Waals surface area contributed by atoms with Crippen molar-refractivity contribution in [1.82, 2.24) is 14.7 Å². The molecule has 2 rings (SSSR count). The summed E-state index contributed by atoms with van der Waals surface area (Å²) in [5, 5.41) is 8.99. The maximum Gasteiger partial charge on any atom is 0.242 e. The molecule has 0 spiro atoms. The first kappa shape index (κ1) is 14.2. The molecular formula is C11H12BrN3O3S. The van der Waals surface area contributed by atoms with E-state index >= 15 is 0 Å². The largest absolute Gasteiger partial charge is 0.392 e. The van der Waals surface area contributed by atoms with Gasteiger partial charge in [-0.1, -0.05) is 6.07 Å². The zero-order valence-electron chi connectivity index (χ0n) is 9.80. The van der Waals surface area contributed by atoms with Crippen molar-refractivity contribution >= 4 is 26.0 Å². The number of aromatic nitrogens is 2. The zero-order valence-corrected chi connectivity index (χ0v) is 12.2. The van der Waals surface area contributed by atoms with Crippen LogP contribution in [0, 0.1) is 0 Å². The number of aliphatic hydroxyl groups excluding tert-OH is 1. The van der Waals surface area contributed by atoms with Crippen LogP contribution >= 0.6 is 15.9 Å². The van der Waals surface area contributed by atoms with E-state index in [-0.39, 0.29) is 18.0 Å².